The molecule has 0 spiro atoms. The fourth-order valence-corrected chi connectivity index (χ4v) is 4.33. The van der Waals surface area contributed by atoms with Crippen molar-refractivity contribution in [1.29, 1.82) is 0 Å². The number of rotatable bonds is 5. The zero-order chi connectivity index (χ0) is 20.3. The lowest BCUT2D eigenvalue weighted by atomic mass is 9.77. The van der Waals surface area contributed by atoms with E-state index in [1.54, 1.807) is 24.3 Å². The summed E-state index contributed by atoms with van der Waals surface area (Å²) in [5.74, 6) is -0.00307. The van der Waals surface area contributed by atoms with E-state index in [2.05, 4.69) is 18.6 Å². The van der Waals surface area contributed by atoms with Crippen LogP contribution in [0.4, 0.5) is 0 Å². The van der Waals surface area contributed by atoms with Crippen LogP contribution in [-0.4, -0.2) is 42.4 Å². The van der Waals surface area contributed by atoms with Gasteiger partial charge in [-0.25, -0.2) is 4.79 Å². The lowest BCUT2D eigenvalue weighted by molar-refractivity contribution is -0.149. The Kier molecular flexibility index (Phi) is 6.37. The van der Waals surface area contributed by atoms with Crippen LogP contribution < -0.4 is 0 Å². The molecule has 1 heterocycles. The highest BCUT2D eigenvalue weighted by Crippen LogP contribution is 2.36. The number of hydrogen-bond acceptors (Lipinski definition) is 5. The van der Waals surface area contributed by atoms with Gasteiger partial charge in [0.25, 0.3) is 0 Å². The first-order valence-corrected chi connectivity index (χ1v) is 10.0. The largest absolute Gasteiger partial charge is 0.465 e. The summed E-state index contributed by atoms with van der Waals surface area (Å²) in [5, 5.41) is 0. The standard InChI is InChI=1S/C22H29NO5/c1-14-5-4-6-19(15(14)2)23-12-18(11-20(23)24)22(26)28-13-16-7-9-17(10-8-16)21(25)27-3/h7-10,14-15,18-19H,4-6,11-13H2,1-3H3/t14-,15+,18+,19+/m0/s1. The van der Waals surface area contributed by atoms with Crippen LogP contribution in [0.2, 0.25) is 0 Å². The van der Waals surface area contributed by atoms with Gasteiger partial charge in [-0.1, -0.05) is 38.8 Å². The van der Waals surface area contributed by atoms with Gasteiger partial charge in [0.2, 0.25) is 5.91 Å². The van der Waals surface area contributed by atoms with Crippen LogP contribution in [0.1, 0.15) is 55.5 Å². The molecule has 28 heavy (non-hydrogen) atoms. The molecule has 1 saturated heterocycles. The van der Waals surface area contributed by atoms with Crippen molar-refractivity contribution in [2.75, 3.05) is 13.7 Å². The number of likely N-dealkylation sites (tertiary alicyclic amines) is 1. The van der Waals surface area contributed by atoms with Gasteiger partial charge in [-0.3, -0.25) is 9.59 Å². The highest BCUT2D eigenvalue weighted by Gasteiger charge is 2.42. The Morgan fingerprint density at radius 2 is 1.86 bits per heavy atom. The second kappa shape index (κ2) is 8.76. The summed E-state index contributed by atoms with van der Waals surface area (Å²) in [6, 6.07) is 6.98. The average molecular weight is 387 g/mol. The molecule has 1 aliphatic carbocycles. The maximum Gasteiger partial charge on any atom is 0.337 e. The van der Waals surface area contributed by atoms with Crippen LogP contribution in [0, 0.1) is 17.8 Å². The van der Waals surface area contributed by atoms with Gasteiger partial charge >= 0.3 is 11.9 Å². The van der Waals surface area contributed by atoms with Gasteiger partial charge in [-0.15, -0.1) is 0 Å². The molecule has 4 atom stereocenters. The van der Waals surface area contributed by atoms with Gasteiger partial charge in [0, 0.05) is 19.0 Å². The molecule has 0 unspecified atom stereocenters. The minimum Gasteiger partial charge on any atom is -0.465 e. The fourth-order valence-electron chi connectivity index (χ4n) is 4.33. The summed E-state index contributed by atoms with van der Waals surface area (Å²) in [7, 11) is 1.33. The summed E-state index contributed by atoms with van der Waals surface area (Å²) in [6.45, 7) is 5.04. The quantitative estimate of drug-likeness (QED) is 0.726. The Labute approximate surface area is 166 Å². The Balaban J connectivity index is 1.54. The van der Waals surface area contributed by atoms with E-state index in [1.165, 1.54) is 13.5 Å². The van der Waals surface area contributed by atoms with Crippen molar-refractivity contribution < 1.29 is 23.9 Å². The number of esters is 2. The predicted molar refractivity (Wildman–Crippen MR) is 103 cm³/mol. The molecule has 1 aliphatic heterocycles. The van der Waals surface area contributed by atoms with E-state index in [0.717, 1.165) is 18.4 Å². The third-order valence-corrected chi connectivity index (χ3v) is 6.31. The van der Waals surface area contributed by atoms with Crippen LogP contribution in [0.25, 0.3) is 0 Å². The molecule has 2 fully saturated rings. The van der Waals surface area contributed by atoms with Gasteiger partial charge < -0.3 is 14.4 Å². The molecule has 0 radical (unpaired) electrons. The van der Waals surface area contributed by atoms with Crippen LogP contribution in [-0.2, 0) is 25.7 Å². The molecule has 6 heteroatoms. The molecule has 0 N–H and O–H groups in total. The SMILES string of the molecule is COC(=O)c1ccc(COC(=O)[C@@H]2CC(=O)N([C@@H]3CCC[C@H](C)[C@H]3C)C2)cc1. The summed E-state index contributed by atoms with van der Waals surface area (Å²) in [6.07, 6.45) is 3.60. The minimum atomic E-state index is -0.403. The van der Waals surface area contributed by atoms with Gasteiger partial charge in [0.05, 0.1) is 18.6 Å². The van der Waals surface area contributed by atoms with E-state index in [-0.39, 0.29) is 30.9 Å². The van der Waals surface area contributed by atoms with E-state index in [4.69, 9.17) is 4.74 Å². The van der Waals surface area contributed by atoms with Crippen molar-refractivity contribution in [2.45, 2.75) is 52.2 Å². The molecule has 3 rings (SSSR count). The van der Waals surface area contributed by atoms with Crippen LogP contribution in [0.3, 0.4) is 0 Å². The zero-order valence-corrected chi connectivity index (χ0v) is 16.8. The molecular weight excluding hydrogens is 358 g/mol. The van der Waals surface area contributed by atoms with Crippen molar-refractivity contribution in [3.05, 3.63) is 35.4 Å². The van der Waals surface area contributed by atoms with Gasteiger partial charge in [-0.05, 0) is 36.0 Å². The number of nitrogens with zero attached hydrogens (tertiary/aromatic N) is 1. The van der Waals surface area contributed by atoms with Gasteiger partial charge in [0.15, 0.2) is 0 Å². The second-order valence-corrected chi connectivity index (χ2v) is 8.08. The summed E-state index contributed by atoms with van der Waals surface area (Å²) < 4.78 is 10.1. The van der Waals surface area contributed by atoms with Crippen LogP contribution in [0.15, 0.2) is 24.3 Å². The molecule has 0 bridgehead atoms. The Morgan fingerprint density at radius 1 is 1.14 bits per heavy atom. The van der Waals surface area contributed by atoms with Crippen LogP contribution in [0.5, 0.6) is 0 Å². The average Bonchev–Trinajstić information content (AvgIpc) is 3.09. The monoisotopic (exact) mass is 387 g/mol. The van der Waals surface area contributed by atoms with Gasteiger partial charge in [0.1, 0.15) is 6.61 Å². The molecule has 0 aromatic heterocycles. The van der Waals surface area contributed by atoms with Crippen LogP contribution >= 0.6 is 0 Å². The molecular formula is C22H29NO5. The first-order valence-electron chi connectivity index (χ1n) is 10.0. The van der Waals surface area contributed by atoms with E-state index in [1.807, 2.05) is 4.90 Å². The number of methoxy groups -OCH3 is 1. The Hall–Kier alpha value is -2.37. The molecule has 2 aliphatic rings. The Morgan fingerprint density at radius 3 is 2.54 bits per heavy atom. The first kappa shape index (κ1) is 20.4. The van der Waals surface area contributed by atoms with Crippen molar-refractivity contribution in [2.24, 2.45) is 17.8 Å². The number of carbonyl (C=O) groups excluding carboxylic acids is 3. The maximum absolute atomic E-state index is 12.5. The first-order chi connectivity index (χ1) is 13.4. The van der Waals surface area contributed by atoms with Crippen molar-refractivity contribution >= 4 is 17.8 Å². The Bertz CT molecular complexity index is 729. The zero-order valence-electron chi connectivity index (χ0n) is 16.8. The number of hydrogen-bond donors (Lipinski definition) is 0. The molecule has 1 amide bonds. The molecule has 1 saturated carbocycles. The predicted octanol–water partition coefficient (Wildman–Crippen LogP) is 3.19. The number of carbonyl (C=O) groups is 3. The summed E-state index contributed by atoms with van der Waals surface area (Å²) >= 11 is 0. The van der Waals surface area contributed by atoms with E-state index in [9.17, 15) is 14.4 Å². The molecule has 6 nitrogen and oxygen atoms in total. The summed E-state index contributed by atoms with van der Waals surface area (Å²) in [4.78, 5) is 38.4. The lowest BCUT2D eigenvalue weighted by Gasteiger charge is -2.39. The minimum absolute atomic E-state index is 0.0651. The summed E-state index contributed by atoms with van der Waals surface area (Å²) in [5.41, 5.74) is 1.24. The number of amides is 1. The van der Waals surface area contributed by atoms with Gasteiger partial charge in [-0.2, -0.15) is 0 Å². The van der Waals surface area contributed by atoms with Crippen molar-refractivity contribution in [1.82, 2.24) is 4.90 Å². The normalized spacial score (nSPS) is 27.5. The maximum atomic E-state index is 12.5. The third kappa shape index (κ3) is 4.37. The van der Waals surface area contributed by atoms with E-state index >= 15 is 0 Å². The number of ether oxygens (including phenoxy) is 2. The topological polar surface area (TPSA) is 72.9 Å². The molecule has 1 aromatic carbocycles. The highest BCUT2D eigenvalue weighted by atomic mass is 16.5. The smallest absolute Gasteiger partial charge is 0.337 e. The number of benzene rings is 1. The third-order valence-electron chi connectivity index (χ3n) is 6.31. The van der Waals surface area contributed by atoms with E-state index < -0.39 is 11.9 Å². The van der Waals surface area contributed by atoms with Crippen molar-refractivity contribution in [3.63, 3.8) is 0 Å². The van der Waals surface area contributed by atoms with Crippen molar-refractivity contribution in [3.8, 4) is 0 Å². The highest BCUT2D eigenvalue weighted by molar-refractivity contribution is 5.89. The molecule has 152 valence electrons. The fraction of sp³-hybridized carbons (Fsp3) is 0.591. The van der Waals surface area contributed by atoms with E-state index in [0.29, 0.717) is 23.9 Å². The molecule has 1 aromatic rings. The second-order valence-electron chi connectivity index (χ2n) is 8.08. The lowest BCUT2D eigenvalue weighted by Crippen LogP contribution is -2.45.